The third-order valence-corrected chi connectivity index (χ3v) is 6.29. The lowest BCUT2D eigenvalue weighted by Gasteiger charge is -2.31. The molecule has 0 aromatic heterocycles. The zero-order valence-electron chi connectivity index (χ0n) is 19.8. The minimum atomic E-state index is -0.656. The van der Waals surface area contributed by atoms with E-state index >= 15 is 0 Å². The number of carbonyl (C=O) groups is 2. The van der Waals surface area contributed by atoms with E-state index < -0.39 is 17.7 Å². The number of likely N-dealkylation sites (tertiary alicyclic amines) is 1. The van der Waals surface area contributed by atoms with Gasteiger partial charge in [-0.2, -0.15) is 0 Å². The van der Waals surface area contributed by atoms with E-state index in [4.69, 9.17) is 9.47 Å². The van der Waals surface area contributed by atoms with E-state index in [9.17, 15) is 14.7 Å². The van der Waals surface area contributed by atoms with Gasteiger partial charge in [0.15, 0.2) is 0 Å². The Bertz CT molecular complexity index is 1040. The standard InChI is InChI=1S/C27H32N2O5/c1-3-16-34-22-10-8-21(9-11-22)25(30)23-24(20-6-4-19(2)5-7-20)29(27(32)26(23)31)13-12-28-14-17-33-18-15-28/h4-11,24,30H,3,12-18H2,1-2H3/b25-23+. The summed E-state index contributed by atoms with van der Waals surface area (Å²) in [6.45, 7) is 8.58. The average Bonchev–Trinajstić information content (AvgIpc) is 3.12. The van der Waals surface area contributed by atoms with Crippen LogP contribution in [0.25, 0.3) is 5.76 Å². The summed E-state index contributed by atoms with van der Waals surface area (Å²) in [5, 5.41) is 11.2. The van der Waals surface area contributed by atoms with Gasteiger partial charge in [0.05, 0.1) is 31.4 Å². The Hall–Kier alpha value is -3.16. The number of hydrogen-bond donors (Lipinski definition) is 1. The predicted molar refractivity (Wildman–Crippen MR) is 130 cm³/mol. The molecule has 1 unspecified atom stereocenters. The zero-order chi connectivity index (χ0) is 24.1. The molecular weight excluding hydrogens is 432 g/mol. The fraction of sp³-hybridized carbons (Fsp3) is 0.407. The maximum absolute atomic E-state index is 13.2. The number of ether oxygens (including phenoxy) is 2. The lowest BCUT2D eigenvalue weighted by Crippen LogP contribution is -2.42. The van der Waals surface area contributed by atoms with Gasteiger partial charge in [0.25, 0.3) is 11.7 Å². The van der Waals surface area contributed by atoms with Crippen molar-refractivity contribution in [1.29, 1.82) is 0 Å². The predicted octanol–water partition coefficient (Wildman–Crippen LogP) is 3.54. The molecule has 0 radical (unpaired) electrons. The van der Waals surface area contributed by atoms with Gasteiger partial charge < -0.3 is 19.5 Å². The van der Waals surface area contributed by atoms with Gasteiger partial charge in [0.1, 0.15) is 11.5 Å². The van der Waals surface area contributed by atoms with Gasteiger partial charge >= 0.3 is 0 Å². The van der Waals surface area contributed by atoms with Crippen molar-refractivity contribution in [3.8, 4) is 5.75 Å². The molecular formula is C27H32N2O5. The van der Waals surface area contributed by atoms with Gasteiger partial charge in [-0.1, -0.05) is 36.8 Å². The van der Waals surface area contributed by atoms with Crippen molar-refractivity contribution in [3.63, 3.8) is 0 Å². The third kappa shape index (κ3) is 5.16. The van der Waals surface area contributed by atoms with Crippen molar-refractivity contribution in [2.75, 3.05) is 46.0 Å². The number of aliphatic hydroxyl groups is 1. The monoisotopic (exact) mass is 464 g/mol. The largest absolute Gasteiger partial charge is 0.507 e. The van der Waals surface area contributed by atoms with Crippen LogP contribution in [-0.2, 0) is 14.3 Å². The summed E-state index contributed by atoms with van der Waals surface area (Å²) in [5.74, 6) is -0.709. The molecule has 7 heteroatoms. The lowest BCUT2D eigenvalue weighted by atomic mass is 9.94. The summed E-state index contributed by atoms with van der Waals surface area (Å²) < 4.78 is 11.0. The Morgan fingerprint density at radius 3 is 2.35 bits per heavy atom. The third-order valence-electron chi connectivity index (χ3n) is 6.29. The summed E-state index contributed by atoms with van der Waals surface area (Å²) in [7, 11) is 0. The first-order chi connectivity index (χ1) is 16.5. The first kappa shape index (κ1) is 24.0. The number of ketones is 1. The van der Waals surface area contributed by atoms with Gasteiger partial charge in [-0.3, -0.25) is 14.5 Å². The van der Waals surface area contributed by atoms with Gasteiger partial charge in [0.2, 0.25) is 0 Å². The lowest BCUT2D eigenvalue weighted by molar-refractivity contribution is -0.140. The van der Waals surface area contributed by atoms with Crippen molar-refractivity contribution >= 4 is 17.4 Å². The number of aryl methyl sites for hydroxylation is 1. The molecule has 2 aliphatic heterocycles. The van der Waals surface area contributed by atoms with Crippen molar-refractivity contribution in [2.24, 2.45) is 0 Å². The molecule has 1 atom stereocenters. The second kappa shape index (κ2) is 10.8. The number of morpholine rings is 1. The molecule has 2 saturated heterocycles. The van der Waals surface area contributed by atoms with Crippen molar-refractivity contribution < 1.29 is 24.2 Å². The highest BCUT2D eigenvalue weighted by Gasteiger charge is 2.46. The molecule has 0 spiro atoms. The number of nitrogens with zero attached hydrogens (tertiary/aromatic N) is 2. The van der Waals surface area contributed by atoms with Crippen LogP contribution in [-0.4, -0.2) is 72.6 Å². The summed E-state index contributed by atoms with van der Waals surface area (Å²) in [6.07, 6.45) is 0.895. The fourth-order valence-corrected chi connectivity index (χ4v) is 4.36. The molecule has 180 valence electrons. The minimum Gasteiger partial charge on any atom is -0.507 e. The number of benzene rings is 2. The molecule has 0 saturated carbocycles. The van der Waals surface area contributed by atoms with Gasteiger partial charge in [-0.15, -0.1) is 0 Å². The van der Waals surface area contributed by atoms with Crippen LogP contribution in [0.1, 0.15) is 36.1 Å². The van der Waals surface area contributed by atoms with Gasteiger partial charge in [-0.05, 0) is 43.2 Å². The van der Waals surface area contributed by atoms with Gasteiger partial charge in [0, 0.05) is 31.7 Å². The Morgan fingerprint density at radius 2 is 1.71 bits per heavy atom. The van der Waals surface area contributed by atoms with E-state index in [1.165, 1.54) is 0 Å². The molecule has 0 bridgehead atoms. The van der Waals surface area contributed by atoms with E-state index in [1.807, 2.05) is 38.1 Å². The molecule has 2 fully saturated rings. The second-order valence-electron chi connectivity index (χ2n) is 8.73. The summed E-state index contributed by atoms with van der Waals surface area (Å²) >= 11 is 0. The highest BCUT2D eigenvalue weighted by atomic mass is 16.5. The maximum Gasteiger partial charge on any atom is 0.295 e. The van der Waals surface area contributed by atoms with E-state index in [1.54, 1.807) is 29.2 Å². The number of amides is 1. The van der Waals surface area contributed by atoms with E-state index in [2.05, 4.69) is 4.90 Å². The summed E-state index contributed by atoms with van der Waals surface area (Å²) in [5.41, 5.74) is 2.48. The number of rotatable bonds is 8. The van der Waals surface area contributed by atoms with Crippen molar-refractivity contribution in [3.05, 3.63) is 70.8 Å². The van der Waals surface area contributed by atoms with Crippen molar-refractivity contribution in [1.82, 2.24) is 9.80 Å². The van der Waals surface area contributed by atoms with Crippen LogP contribution in [0.4, 0.5) is 0 Å². The normalized spacial score (nSPS) is 20.6. The van der Waals surface area contributed by atoms with Crippen molar-refractivity contribution in [2.45, 2.75) is 26.3 Å². The van der Waals surface area contributed by atoms with E-state index in [0.29, 0.717) is 44.2 Å². The molecule has 4 rings (SSSR count). The molecule has 2 aliphatic rings. The first-order valence-electron chi connectivity index (χ1n) is 11.9. The SMILES string of the molecule is CCCOc1ccc(/C(O)=C2\C(=O)C(=O)N(CCN3CCOCC3)C2c2ccc(C)cc2)cc1. The van der Waals surface area contributed by atoms with Crippen LogP contribution in [0.15, 0.2) is 54.1 Å². The molecule has 34 heavy (non-hydrogen) atoms. The first-order valence-corrected chi connectivity index (χ1v) is 11.9. The van der Waals surface area contributed by atoms with Crippen LogP contribution in [0.3, 0.4) is 0 Å². The number of carbonyl (C=O) groups excluding carboxylic acids is 2. The molecule has 0 aliphatic carbocycles. The maximum atomic E-state index is 13.2. The van der Waals surface area contributed by atoms with Crippen LogP contribution in [0, 0.1) is 6.92 Å². The van der Waals surface area contributed by atoms with Crippen LogP contribution < -0.4 is 4.74 Å². The molecule has 1 N–H and O–H groups in total. The molecule has 1 amide bonds. The zero-order valence-corrected chi connectivity index (χ0v) is 19.8. The number of Topliss-reactive ketones (excluding diaryl/α,β-unsaturated/α-hetero) is 1. The number of hydrogen-bond acceptors (Lipinski definition) is 6. The highest BCUT2D eigenvalue weighted by molar-refractivity contribution is 6.46. The average molecular weight is 465 g/mol. The molecule has 2 aromatic carbocycles. The van der Waals surface area contributed by atoms with Crippen LogP contribution in [0.5, 0.6) is 5.75 Å². The summed E-state index contributed by atoms with van der Waals surface area (Å²) in [6, 6.07) is 14.1. The molecule has 2 aromatic rings. The Morgan fingerprint density at radius 1 is 1.03 bits per heavy atom. The molecule has 2 heterocycles. The van der Waals surface area contributed by atoms with Gasteiger partial charge in [-0.25, -0.2) is 0 Å². The Labute approximate surface area is 200 Å². The number of aliphatic hydroxyl groups excluding tert-OH is 1. The highest BCUT2D eigenvalue weighted by Crippen LogP contribution is 2.39. The Kier molecular flexibility index (Phi) is 7.65. The Balaban J connectivity index is 1.67. The topological polar surface area (TPSA) is 79.3 Å². The minimum absolute atomic E-state index is 0.123. The van der Waals surface area contributed by atoms with E-state index in [-0.39, 0.29) is 11.3 Å². The van der Waals surface area contributed by atoms with Crippen LogP contribution >= 0.6 is 0 Å². The second-order valence-corrected chi connectivity index (χ2v) is 8.73. The fourth-order valence-electron chi connectivity index (χ4n) is 4.36. The molecule has 7 nitrogen and oxygen atoms in total. The smallest absolute Gasteiger partial charge is 0.295 e. The van der Waals surface area contributed by atoms with Crippen LogP contribution in [0.2, 0.25) is 0 Å². The summed E-state index contributed by atoms with van der Waals surface area (Å²) in [4.78, 5) is 30.1. The quantitative estimate of drug-likeness (QED) is 0.366. The van der Waals surface area contributed by atoms with E-state index in [0.717, 1.165) is 30.6 Å².